The van der Waals surface area contributed by atoms with Crippen LogP contribution in [0.25, 0.3) is 0 Å². The molecule has 0 radical (unpaired) electrons. The van der Waals surface area contributed by atoms with Crippen LogP contribution in [0.5, 0.6) is 5.88 Å². The van der Waals surface area contributed by atoms with E-state index in [4.69, 9.17) is 4.74 Å². The summed E-state index contributed by atoms with van der Waals surface area (Å²) in [6.45, 7) is 3.72. The Morgan fingerprint density at radius 3 is 2.68 bits per heavy atom. The smallest absolute Gasteiger partial charge is 0.261 e. The molecule has 0 bridgehead atoms. The Bertz CT molecular complexity index is 682. The summed E-state index contributed by atoms with van der Waals surface area (Å²) < 4.78 is 5.54. The number of nitrogens with zero attached hydrogens (tertiary/aromatic N) is 1. The Morgan fingerprint density at radius 1 is 1.23 bits per heavy atom. The maximum absolute atomic E-state index is 12.4. The third-order valence-corrected chi connectivity index (χ3v) is 3.56. The molecule has 0 aliphatic carbocycles. The van der Waals surface area contributed by atoms with Crippen molar-refractivity contribution in [2.75, 3.05) is 12.4 Å². The van der Waals surface area contributed by atoms with Crippen LogP contribution in [0, 0.1) is 0 Å². The molecule has 2 rings (SSSR count). The first-order valence-electron chi connectivity index (χ1n) is 6.75. The average Bonchev–Trinajstić information content (AvgIpc) is 2.94. The van der Waals surface area contributed by atoms with Crippen molar-refractivity contribution >= 4 is 28.2 Å². The van der Waals surface area contributed by atoms with Gasteiger partial charge in [-0.3, -0.25) is 9.59 Å². The van der Waals surface area contributed by atoms with E-state index in [-0.39, 0.29) is 23.8 Å². The number of nitrogens with one attached hydrogen (secondary N) is 2. The van der Waals surface area contributed by atoms with Crippen molar-refractivity contribution in [1.82, 2.24) is 10.3 Å². The zero-order valence-corrected chi connectivity index (χ0v) is 13.4. The molecule has 2 N–H and O–H groups in total. The summed E-state index contributed by atoms with van der Waals surface area (Å²) in [7, 11) is 1.54. The molecule has 0 aromatic carbocycles. The van der Waals surface area contributed by atoms with E-state index in [1.807, 2.05) is 13.8 Å². The van der Waals surface area contributed by atoms with E-state index >= 15 is 0 Å². The number of hydrogen-bond donors (Lipinski definition) is 2. The first-order chi connectivity index (χ1) is 10.5. The molecule has 2 heterocycles. The van der Waals surface area contributed by atoms with E-state index in [1.54, 1.807) is 36.8 Å². The topological polar surface area (TPSA) is 80.3 Å². The third-order valence-electron chi connectivity index (χ3n) is 2.73. The van der Waals surface area contributed by atoms with E-state index < -0.39 is 0 Å². The monoisotopic (exact) mass is 319 g/mol. The molecule has 0 aliphatic rings. The fourth-order valence-corrected chi connectivity index (χ4v) is 2.55. The lowest BCUT2D eigenvalue weighted by molar-refractivity contribution is 0.0964. The van der Waals surface area contributed by atoms with Gasteiger partial charge in [-0.25, -0.2) is 4.98 Å². The minimum absolute atomic E-state index is 0.0929. The molecule has 2 aromatic rings. The second-order valence-corrected chi connectivity index (χ2v) is 5.64. The number of hydrogen-bond acceptors (Lipinski definition) is 5. The highest BCUT2D eigenvalue weighted by Gasteiger charge is 2.18. The molecule has 0 unspecified atom stereocenters. The number of rotatable bonds is 5. The van der Waals surface area contributed by atoms with Gasteiger partial charge in [0, 0.05) is 13.2 Å². The maximum atomic E-state index is 12.4. The van der Waals surface area contributed by atoms with Crippen LogP contribution in [0.4, 0.5) is 5.00 Å². The van der Waals surface area contributed by atoms with Crippen molar-refractivity contribution in [1.29, 1.82) is 0 Å². The Labute approximate surface area is 132 Å². The van der Waals surface area contributed by atoms with Gasteiger partial charge in [0.15, 0.2) is 0 Å². The number of thiophene rings is 1. The van der Waals surface area contributed by atoms with Crippen molar-refractivity contribution in [2.24, 2.45) is 0 Å². The molecule has 2 amide bonds. The zero-order chi connectivity index (χ0) is 16.1. The van der Waals surface area contributed by atoms with E-state index in [9.17, 15) is 9.59 Å². The number of ether oxygens (including phenoxy) is 1. The summed E-state index contributed by atoms with van der Waals surface area (Å²) in [5, 5.41) is 7.51. The summed E-state index contributed by atoms with van der Waals surface area (Å²) in [6, 6.07) is 4.96. The molecule has 6 nitrogen and oxygen atoms in total. The normalized spacial score (nSPS) is 10.4. The second-order valence-electron chi connectivity index (χ2n) is 4.72. The molecule has 0 spiro atoms. The third kappa shape index (κ3) is 3.62. The van der Waals surface area contributed by atoms with Gasteiger partial charge in [-0.15, -0.1) is 11.3 Å². The summed E-state index contributed by atoms with van der Waals surface area (Å²) >= 11 is 1.28. The summed E-state index contributed by atoms with van der Waals surface area (Å²) in [5.74, 6) is -0.342. The maximum Gasteiger partial charge on any atom is 0.261 e. The SMILES string of the molecule is CNC(=O)c1ccsc1NC(=O)c1cccnc1OC(C)C. The molecule has 0 saturated carbocycles. The van der Waals surface area contributed by atoms with Gasteiger partial charge in [-0.2, -0.15) is 0 Å². The van der Waals surface area contributed by atoms with Gasteiger partial charge < -0.3 is 15.4 Å². The van der Waals surface area contributed by atoms with E-state index in [2.05, 4.69) is 15.6 Å². The molecule has 0 fully saturated rings. The highest BCUT2D eigenvalue weighted by Crippen LogP contribution is 2.25. The number of carbonyl (C=O) groups excluding carboxylic acids is 2. The van der Waals surface area contributed by atoms with Crippen LogP contribution in [0.3, 0.4) is 0 Å². The fourth-order valence-electron chi connectivity index (χ4n) is 1.77. The lowest BCUT2D eigenvalue weighted by atomic mass is 10.2. The summed E-state index contributed by atoms with van der Waals surface area (Å²) in [5.41, 5.74) is 0.753. The molecule has 0 atom stereocenters. The Morgan fingerprint density at radius 2 is 2.00 bits per heavy atom. The molecular weight excluding hydrogens is 302 g/mol. The zero-order valence-electron chi connectivity index (χ0n) is 12.5. The predicted octanol–water partition coefficient (Wildman–Crippen LogP) is 2.54. The largest absolute Gasteiger partial charge is 0.474 e. The molecular formula is C15H17N3O3S. The molecule has 0 aliphatic heterocycles. The second kappa shape index (κ2) is 7.04. The van der Waals surface area contributed by atoms with Gasteiger partial charge >= 0.3 is 0 Å². The highest BCUT2D eigenvalue weighted by atomic mass is 32.1. The number of aromatic nitrogens is 1. The van der Waals surface area contributed by atoms with Gasteiger partial charge in [0.05, 0.1) is 11.7 Å². The van der Waals surface area contributed by atoms with Crippen LogP contribution in [0.1, 0.15) is 34.6 Å². The Balaban J connectivity index is 2.23. The van der Waals surface area contributed by atoms with Crippen molar-refractivity contribution in [3.8, 4) is 5.88 Å². The summed E-state index contributed by atoms with van der Waals surface area (Å²) in [4.78, 5) is 28.2. The highest BCUT2D eigenvalue weighted by molar-refractivity contribution is 7.14. The molecule has 7 heteroatoms. The van der Waals surface area contributed by atoms with Gasteiger partial charge in [0.2, 0.25) is 5.88 Å². The van der Waals surface area contributed by atoms with Gasteiger partial charge in [0.25, 0.3) is 11.8 Å². The predicted molar refractivity (Wildman–Crippen MR) is 85.7 cm³/mol. The lowest BCUT2D eigenvalue weighted by Crippen LogP contribution is -2.21. The van der Waals surface area contributed by atoms with Crippen molar-refractivity contribution in [3.05, 3.63) is 40.9 Å². The van der Waals surface area contributed by atoms with Crippen LogP contribution in [-0.4, -0.2) is 29.9 Å². The first kappa shape index (κ1) is 16.0. The molecule has 0 saturated heterocycles. The molecule has 2 aromatic heterocycles. The first-order valence-corrected chi connectivity index (χ1v) is 7.63. The van der Waals surface area contributed by atoms with Gasteiger partial charge in [0.1, 0.15) is 10.6 Å². The number of pyridine rings is 1. The van der Waals surface area contributed by atoms with Crippen molar-refractivity contribution < 1.29 is 14.3 Å². The van der Waals surface area contributed by atoms with E-state index in [1.165, 1.54) is 11.3 Å². The van der Waals surface area contributed by atoms with Gasteiger partial charge in [-0.1, -0.05) is 0 Å². The molecule has 116 valence electrons. The molecule has 22 heavy (non-hydrogen) atoms. The Kier molecular flexibility index (Phi) is 5.11. The Hall–Kier alpha value is -2.41. The number of amides is 2. The van der Waals surface area contributed by atoms with Gasteiger partial charge in [-0.05, 0) is 37.4 Å². The quantitative estimate of drug-likeness (QED) is 0.887. The fraction of sp³-hybridized carbons (Fsp3) is 0.267. The van der Waals surface area contributed by atoms with Crippen LogP contribution >= 0.6 is 11.3 Å². The van der Waals surface area contributed by atoms with Crippen LogP contribution in [0.2, 0.25) is 0 Å². The van der Waals surface area contributed by atoms with Crippen LogP contribution in [0.15, 0.2) is 29.8 Å². The number of anilines is 1. The number of carbonyl (C=O) groups is 2. The minimum Gasteiger partial charge on any atom is -0.474 e. The minimum atomic E-state index is -0.364. The average molecular weight is 319 g/mol. The standard InChI is InChI=1S/C15H17N3O3S/c1-9(2)21-14-10(5-4-7-17-14)13(20)18-15-11(6-8-22-15)12(19)16-3/h4-9H,1-3H3,(H,16,19)(H,18,20). The summed E-state index contributed by atoms with van der Waals surface area (Å²) in [6.07, 6.45) is 1.47. The van der Waals surface area contributed by atoms with E-state index in [0.29, 0.717) is 16.1 Å². The van der Waals surface area contributed by atoms with Crippen LogP contribution < -0.4 is 15.4 Å². The van der Waals surface area contributed by atoms with Crippen LogP contribution in [-0.2, 0) is 0 Å². The van der Waals surface area contributed by atoms with Crippen molar-refractivity contribution in [3.63, 3.8) is 0 Å². The van der Waals surface area contributed by atoms with Crippen molar-refractivity contribution in [2.45, 2.75) is 20.0 Å². The van der Waals surface area contributed by atoms with E-state index in [0.717, 1.165) is 0 Å². The lowest BCUT2D eigenvalue weighted by Gasteiger charge is -2.12.